The van der Waals surface area contributed by atoms with Crippen molar-refractivity contribution in [2.75, 3.05) is 0 Å². The summed E-state index contributed by atoms with van der Waals surface area (Å²) in [5, 5.41) is 5.10. The fourth-order valence-corrected chi connectivity index (χ4v) is 11.6. The van der Waals surface area contributed by atoms with E-state index in [0.29, 0.717) is 29.4 Å². The molecule has 1 spiro atoms. The molecule has 0 aliphatic heterocycles. The van der Waals surface area contributed by atoms with E-state index in [-0.39, 0.29) is 5.41 Å². The molecule has 0 unspecified atom stereocenters. The molecule has 0 saturated heterocycles. The second-order valence-corrected chi connectivity index (χ2v) is 15.6. The van der Waals surface area contributed by atoms with Gasteiger partial charge in [0.1, 0.15) is 0 Å². The predicted octanol–water partition coefficient (Wildman–Crippen LogP) is 11.2. The summed E-state index contributed by atoms with van der Waals surface area (Å²) in [6, 6.07) is 48.5. The summed E-state index contributed by atoms with van der Waals surface area (Å²) in [7, 11) is 0. The quantitative estimate of drug-likeness (QED) is 0.190. The molecule has 0 atom stereocenters. The number of hydrogen-bond donors (Lipinski definition) is 0. The molecule has 4 fully saturated rings. The molecule has 8 aromatic rings. The van der Waals surface area contributed by atoms with Crippen molar-refractivity contribution < 1.29 is 0 Å². The van der Waals surface area contributed by atoms with Gasteiger partial charge in [0.25, 0.3) is 0 Å². The Morgan fingerprint density at radius 2 is 1.14 bits per heavy atom. The summed E-state index contributed by atoms with van der Waals surface area (Å²) in [5.74, 6) is 5.08. The lowest BCUT2D eigenvalue weighted by atomic mass is 9.43. The van der Waals surface area contributed by atoms with Crippen LogP contribution in [0.15, 0.2) is 133 Å². The Morgan fingerprint density at radius 1 is 0.510 bits per heavy atom. The molecule has 5 aliphatic carbocycles. The van der Waals surface area contributed by atoms with Crippen LogP contribution >= 0.6 is 0 Å². The fourth-order valence-electron chi connectivity index (χ4n) is 11.6. The molecule has 2 heterocycles. The van der Waals surface area contributed by atoms with Crippen LogP contribution in [0.4, 0.5) is 0 Å². The van der Waals surface area contributed by atoms with Crippen LogP contribution in [-0.2, 0) is 5.41 Å². The van der Waals surface area contributed by atoms with E-state index in [4.69, 9.17) is 15.0 Å². The van der Waals surface area contributed by atoms with E-state index in [2.05, 4.69) is 126 Å². The predicted molar refractivity (Wildman–Crippen MR) is 206 cm³/mol. The van der Waals surface area contributed by atoms with Gasteiger partial charge in [0, 0.05) is 27.3 Å². The summed E-state index contributed by atoms with van der Waals surface area (Å²) in [5.41, 5.74) is 10.3. The van der Waals surface area contributed by atoms with E-state index < -0.39 is 0 Å². The maximum Gasteiger partial charge on any atom is 0.238 e. The van der Waals surface area contributed by atoms with Gasteiger partial charge in [0.2, 0.25) is 5.95 Å². The zero-order valence-electron chi connectivity index (χ0n) is 28.3. The lowest BCUT2D eigenvalue weighted by Crippen LogP contribution is -2.55. The van der Waals surface area contributed by atoms with Crippen molar-refractivity contribution in [3.63, 3.8) is 0 Å². The third-order valence-corrected chi connectivity index (χ3v) is 13.2. The van der Waals surface area contributed by atoms with E-state index in [0.717, 1.165) is 28.5 Å². The van der Waals surface area contributed by atoms with Crippen LogP contribution in [0.25, 0.3) is 72.4 Å². The maximum absolute atomic E-state index is 5.39. The first-order valence-electron chi connectivity index (χ1n) is 18.7. The van der Waals surface area contributed by atoms with Gasteiger partial charge in [-0.25, -0.2) is 4.98 Å². The van der Waals surface area contributed by atoms with Gasteiger partial charge in [0.15, 0.2) is 11.6 Å². The molecule has 244 valence electrons. The molecule has 4 bridgehead atoms. The van der Waals surface area contributed by atoms with Crippen molar-refractivity contribution in [3.8, 4) is 39.9 Å². The molecule has 13 rings (SSSR count). The Hall–Kier alpha value is -5.61. The number of fused-ring (bicyclic) bond motifs is 9. The number of nitrogens with zero attached hydrogens (tertiary/aromatic N) is 4. The Morgan fingerprint density at radius 3 is 1.84 bits per heavy atom. The van der Waals surface area contributed by atoms with E-state index in [9.17, 15) is 0 Å². The third kappa shape index (κ3) is 3.72. The molecule has 0 N–H and O–H groups in total. The van der Waals surface area contributed by atoms with Crippen LogP contribution in [0.1, 0.15) is 43.2 Å². The summed E-state index contributed by atoms with van der Waals surface area (Å²) in [4.78, 5) is 15.9. The van der Waals surface area contributed by atoms with Crippen molar-refractivity contribution in [3.05, 3.63) is 145 Å². The average molecular weight is 657 g/mol. The lowest BCUT2D eigenvalue weighted by Gasteiger charge is -2.61. The second-order valence-electron chi connectivity index (χ2n) is 15.6. The first-order valence-corrected chi connectivity index (χ1v) is 18.7. The summed E-state index contributed by atoms with van der Waals surface area (Å²) >= 11 is 0. The van der Waals surface area contributed by atoms with Gasteiger partial charge < -0.3 is 0 Å². The van der Waals surface area contributed by atoms with E-state index in [1.807, 2.05) is 12.1 Å². The topological polar surface area (TPSA) is 43.6 Å². The molecule has 2 aromatic heterocycles. The van der Waals surface area contributed by atoms with Gasteiger partial charge in [0.05, 0.1) is 11.0 Å². The van der Waals surface area contributed by atoms with Crippen molar-refractivity contribution in [1.29, 1.82) is 0 Å². The van der Waals surface area contributed by atoms with E-state index in [1.165, 1.54) is 75.9 Å². The summed E-state index contributed by atoms with van der Waals surface area (Å²) in [6.45, 7) is 0. The first kappa shape index (κ1) is 28.1. The lowest BCUT2D eigenvalue weighted by molar-refractivity contribution is -0.0394. The molecule has 5 aliphatic rings. The van der Waals surface area contributed by atoms with Gasteiger partial charge in [-0.05, 0) is 94.9 Å². The highest BCUT2D eigenvalue weighted by molar-refractivity contribution is 6.23. The number of rotatable bonds is 3. The van der Waals surface area contributed by atoms with Crippen LogP contribution in [0, 0.1) is 23.7 Å². The Bertz CT molecular complexity index is 2620. The fraction of sp³-hybridized carbons (Fsp3) is 0.213. The number of hydrogen-bond acceptors (Lipinski definition) is 3. The van der Waals surface area contributed by atoms with Crippen molar-refractivity contribution >= 4 is 32.6 Å². The highest BCUT2D eigenvalue weighted by Crippen LogP contribution is 2.70. The Kier molecular flexibility index (Phi) is 5.64. The largest absolute Gasteiger partial charge is 0.277 e. The van der Waals surface area contributed by atoms with Gasteiger partial charge in [-0.15, -0.1) is 0 Å². The monoisotopic (exact) mass is 656 g/mol. The van der Waals surface area contributed by atoms with Crippen LogP contribution in [0.2, 0.25) is 0 Å². The molecule has 6 aromatic carbocycles. The second kappa shape index (κ2) is 10.2. The molecule has 4 nitrogen and oxygen atoms in total. The minimum atomic E-state index is -0.0155. The zero-order valence-corrected chi connectivity index (χ0v) is 28.3. The third-order valence-electron chi connectivity index (χ3n) is 13.2. The first-order chi connectivity index (χ1) is 25.3. The molecular formula is C47H36N4. The molecule has 51 heavy (non-hydrogen) atoms. The highest BCUT2D eigenvalue weighted by Gasteiger charge is 2.62. The van der Waals surface area contributed by atoms with E-state index >= 15 is 0 Å². The van der Waals surface area contributed by atoms with Crippen LogP contribution in [0.5, 0.6) is 0 Å². The molecule has 4 heteroatoms. The zero-order chi connectivity index (χ0) is 33.3. The van der Waals surface area contributed by atoms with Crippen molar-refractivity contribution in [2.45, 2.75) is 37.5 Å². The summed E-state index contributed by atoms with van der Waals surface area (Å²) < 4.78 is 2.44. The van der Waals surface area contributed by atoms with Crippen LogP contribution < -0.4 is 0 Å². The SMILES string of the molecule is c1ccc(-c2nc(-c3ccccc3)nc(-n3c4ccc5ccccc5c4c4ccc5c(c43)C3(c4ccccc4-5)C4CC5CC(C4)CC3C5)n2)cc1. The van der Waals surface area contributed by atoms with Crippen LogP contribution in [-0.4, -0.2) is 19.5 Å². The Labute approximate surface area is 296 Å². The molecule has 4 saturated carbocycles. The van der Waals surface area contributed by atoms with Crippen molar-refractivity contribution in [2.24, 2.45) is 23.7 Å². The maximum atomic E-state index is 5.39. The standard InChI is InChI=1S/C47H36N4/c1-3-12-31(13-4-1)44-48-45(32-14-5-2-6-15-32)50-46(49-44)51-40-22-19-30-11-7-8-16-35(30)41(40)38-21-20-37-36-17-9-10-18-39(36)47(42(37)43(38)51)33-24-28-23-29(26-33)27-34(47)25-28/h1-22,28-29,33-34H,23-27H2. The van der Waals surface area contributed by atoms with Gasteiger partial charge in [-0.1, -0.05) is 127 Å². The number of aromatic nitrogens is 4. The number of benzene rings is 6. The van der Waals surface area contributed by atoms with Gasteiger partial charge in [-0.3, -0.25) is 4.57 Å². The van der Waals surface area contributed by atoms with Crippen molar-refractivity contribution in [1.82, 2.24) is 19.5 Å². The van der Waals surface area contributed by atoms with E-state index in [1.54, 1.807) is 5.56 Å². The van der Waals surface area contributed by atoms with Crippen LogP contribution in [0.3, 0.4) is 0 Å². The molecule has 0 radical (unpaired) electrons. The minimum Gasteiger partial charge on any atom is -0.277 e. The average Bonchev–Trinajstić information content (AvgIpc) is 3.68. The van der Waals surface area contributed by atoms with Gasteiger partial charge >= 0.3 is 0 Å². The Balaban J connectivity index is 1.26. The summed E-state index contributed by atoms with van der Waals surface area (Å²) in [6.07, 6.45) is 6.78. The van der Waals surface area contributed by atoms with Gasteiger partial charge in [-0.2, -0.15) is 9.97 Å². The highest BCUT2D eigenvalue weighted by atomic mass is 15.2. The molecular weight excluding hydrogens is 621 g/mol. The minimum absolute atomic E-state index is 0.0155. The smallest absolute Gasteiger partial charge is 0.238 e. The normalized spacial score (nSPS) is 24.2. The molecule has 0 amide bonds.